The van der Waals surface area contributed by atoms with Gasteiger partial charge in [0.2, 0.25) is 0 Å². The summed E-state index contributed by atoms with van der Waals surface area (Å²) in [6.45, 7) is 0. The SMILES string of the molecule is O=C(O)c1onc2ccc(C(O)c3ccccc3)cc12. The lowest BCUT2D eigenvalue weighted by Gasteiger charge is -2.11. The molecule has 5 nitrogen and oxygen atoms in total. The second-order valence-electron chi connectivity index (χ2n) is 4.41. The maximum absolute atomic E-state index is 11.0. The Labute approximate surface area is 114 Å². The number of aliphatic hydroxyl groups excluding tert-OH is 1. The zero-order valence-corrected chi connectivity index (χ0v) is 10.4. The molecular weight excluding hydrogens is 258 g/mol. The fourth-order valence-corrected chi connectivity index (χ4v) is 2.11. The van der Waals surface area contributed by atoms with Gasteiger partial charge in [0.1, 0.15) is 11.6 Å². The number of aliphatic hydroxyl groups is 1. The molecular formula is C15H11NO4. The van der Waals surface area contributed by atoms with E-state index in [4.69, 9.17) is 9.63 Å². The van der Waals surface area contributed by atoms with Gasteiger partial charge in [0.05, 0.1) is 5.39 Å². The van der Waals surface area contributed by atoms with E-state index in [9.17, 15) is 9.90 Å². The van der Waals surface area contributed by atoms with Gasteiger partial charge >= 0.3 is 5.97 Å². The molecule has 0 saturated heterocycles. The normalized spacial score (nSPS) is 12.4. The van der Waals surface area contributed by atoms with Gasteiger partial charge in [0.25, 0.3) is 5.76 Å². The molecule has 3 rings (SSSR count). The van der Waals surface area contributed by atoms with E-state index in [1.165, 1.54) is 0 Å². The third-order valence-corrected chi connectivity index (χ3v) is 3.13. The third kappa shape index (κ3) is 2.04. The summed E-state index contributed by atoms with van der Waals surface area (Å²) < 4.78 is 4.79. The third-order valence-electron chi connectivity index (χ3n) is 3.13. The van der Waals surface area contributed by atoms with Gasteiger partial charge in [-0.15, -0.1) is 0 Å². The van der Waals surface area contributed by atoms with Gasteiger partial charge in [-0.1, -0.05) is 41.6 Å². The lowest BCUT2D eigenvalue weighted by molar-refractivity contribution is 0.0655. The summed E-state index contributed by atoms with van der Waals surface area (Å²) in [7, 11) is 0. The van der Waals surface area contributed by atoms with E-state index in [0.717, 1.165) is 5.56 Å². The van der Waals surface area contributed by atoms with E-state index in [1.807, 2.05) is 18.2 Å². The quantitative estimate of drug-likeness (QED) is 0.763. The summed E-state index contributed by atoms with van der Waals surface area (Å²) in [6, 6.07) is 14.1. The van der Waals surface area contributed by atoms with Crippen molar-refractivity contribution >= 4 is 16.9 Å². The standard InChI is InChI=1S/C15H11NO4/c17-13(9-4-2-1-3-5-9)10-6-7-12-11(8-10)14(15(18)19)20-16-12/h1-8,13,17H,(H,18,19). The van der Waals surface area contributed by atoms with Crippen LogP contribution in [0.15, 0.2) is 53.1 Å². The van der Waals surface area contributed by atoms with Gasteiger partial charge < -0.3 is 14.7 Å². The van der Waals surface area contributed by atoms with Crippen LogP contribution < -0.4 is 0 Å². The number of nitrogens with zero attached hydrogens (tertiary/aromatic N) is 1. The molecule has 0 bridgehead atoms. The van der Waals surface area contributed by atoms with Crippen molar-refractivity contribution < 1.29 is 19.5 Å². The summed E-state index contributed by atoms with van der Waals surface area (Å²) in [6.07, 6.45) is -0.822. The number of benzene rings is 2. The van der Waals surface area contributed by atoms with E-state index >= 15 is 0 Å². The molecule has 100 valence electrons. The van der Waals surface area contributed by atoms with Crippen molar-refractivity contribution in [2.45, 2.75) is 6.10 Å². The highest BCUT2D eigenvalue weighted by atomic mass is 16.5. The lowest BCUT2D eigenvalue weighted by Crippen LogP contribution is -2.00. The molecule has 0 aliphatic heterocycles. The average Bonchev–Trinajstić information content (AvgIpc) is 2.90. The first-order valence-corrected chi connectivity index (χ1v) is 6.02. The minimum atomic E-state index is -1.18. The Hall–Kier alpha value is -2.66. The van der Waals surface area contributed by atoms with E-state index in [0.29, 0.717) is 16.5 Å². The molecule has 0 radical (unpaired) electrons. The van der Waals surface area contributed by atoms with Gasteiger partial charge in [0.15, 0.2) is 0 Å². The van der Waals surface area contributed by atoms with Crippen molar-refractivity contribution in [2.75, 3.05) is 0 Å². The fraction of sp³-hybridized carbons (Fsp3) is 0.0667. The maximum Gasteiger partial charge on any atom is 0.375 e. The Morgan fingerprint density at radius 3 is 2.55 bits per heavy atom. The topological polar surface area (TPSA) is 83.6 Å². The van der Waals surface area contributed by atoms with Gasteiger partial charge in [0, 0.05) is 0 Å². The van der Waals surface area contributed by atoms with Crippen LogP contribution >= 0.6 is 0 Å². The van der Waals surface area contributed by atoms with Gasteiger partial charge in [-0.3, -0.25) is 0 Å². The molecule has 1 heterocycles. The molecule has 0 fully saturated rings. The predicted octanol–water partition coefficient (Wildman–Crippen LogP) is 2.61. The zero-order valence-electron chi connectivity index (χ0n) is 10.4. The number of hydrogen-bond acceptors (Lipinski definition) is 4. The molecule has 0 spiro atoms. The van der Waals surface area contributed by atoms with Crippen LogP contribution in [0.3, 0.4) is 0 Å². The average molecular weight is 269 g/mol. The molecule has 2 N–H and O–H groups in total. The van der Waals surface area contributed by atoms with Gasteiger partial charge in [-0.2, -0.15) is 0 Å². The van der Waals surface area contributed by atoms with Crippen molar-refractivity contribution in [3.63, 3.8) is 0 Å². The molecule has 1 unspecified atom stereocenters. The molecule has 0 amide bonds. The Morgan fingerprint density at radius 2 is 1.85 bits per heavy atom. The monoisotopic (exact) mass is 269 g/mol. The molecule has 1 atom stereocenters. The van der Waals surface area contributed by atoms with E-state index in [-0.39, 0.29) is 5.76 Å². The molecule has 20 heavy (non-hydrogen) atoms. The minimum Gasteiger partial charge on any atom is -0.475 e. The summed E-state index contributed by atoms with van der Waals surface area (Å²) >= 11 is 0. The van der Waals surface area contributed by atoms with Crippen LogP contribution in [0.5, 0.6) is 0 Å². The Morgan fingerprint density at radius 1 is 1.10 bits per heavy atom. The summed E-state index contributed by atoms with van der Waals surface area (Å²) in [5, 5.41) is 23.4. The van der Waals surface area contributed by atoms with E-state index < -0.39 is 12.1 Å². The predicted molar refractivity (Wildman–Crippen MR) is 71.5 cm³/mol. The number of carboxylic acids is 1. The Kier molecular flexibility index (Phi) is 2.96. The first-order chi connectivity index (χ1) is 9.66. The summed E-state index contributed by atoms with van der Waals surface area (Å²) in [5.74, 6) is -1.40. The fourth-order valence-electron chi connectivity index (χ4n) is 2.11. The molecule has 0 saturated carbocycles. The highest BCUT2D eigenvalue weighted by Gasteiger charge is 2.18. The molecule has 2 aromatic carbocycles. The molecule has 0 aliphatic carbocycles. The number of fused-ring (bicyclic) bond motifs is 1. The van der Waals surface area contributed by atoms with Crippen molar-refractivity contribution in [3.05, 3.63) is 65.4 Å². The van der Waals surface area contributed by atoms with E-state index in [2.05, 4.69) is 5.16 Å². The number of carbonyl (C=O) groups is 1. The van der Waals surface area contributed by atoms with Crippen LogP contribution in [0, 0.1) is 0 Å². The molecule has 3 aromatic rings. The van der Waals surface area contributed by atoms with Crippen molar-refractivity contribution in [2.24, 2.45) is 0 Å². The smallest absolute Gasteiger partial charge is 0.375 e. The van der Waals surface area contributed by atoms with E-state index in [1.54, 1.807) is 30.3 Å². The van der Waals surface area contributed by atoms with Crippen molar-refractivity contribution in [1.29, 1.82) is 0 Å². The lowest BCUT2D eigenvalue weighted by atomic mass is 10.00. The highest BCUT2D eigenvalue weighted by Crippen LogP contribution is 2.26. The number of rotatable bonds is 3. The van der Waals surface area contributed by atoms with Crippen LogP contribution in [0.1, 0.15) is 27.8 Å². The van der Waals surface area contributed by atoms with Gasteiger partial charge in [-0.05, 0) is 23.3 Å². The highest BCUT2D eigenvalue weighted by molar-refractivity contribution is 5.99. The number of carboxylic acid groups (broad SMARTS) is 1. The first-order valence-electron chi connectivity index (χ1n) is 6.02. The van der Waals surface area contributed by atoms with Crippen LogP contribution in [0.2, 0.25) is 0 Å². The molecule has 0 aliphatic rings. The number of aromatic carboxylic acids is 1. The first kappa shape index (κ1) is 12.4. The van der Waals surface area contributed by atoms with Crippen LogP contribution in [-0.2, 0) is 0 Å². The van der Waals surface area contributed by atoms with Gasteiger partial charge in [-0.25, -0.2) is 4.79 Å². The van der Waals surface area contributed by atoms with Crippen molar-refractivity contribution in [3.8, 4) is 0 Å². The largest absolute Gasteiger partial charge is 0.475 e. The van der Waals surface area contributed by atoms with Crippen LogP contribution in [0.4, 0.5) is 0 Å². The zero-order chi connectivity index (χ0) is 14.1. The molecule has 1 aromatic heterocycles. The Balaban J connectivity index is 2.08. The number of hydrogen-bond donors (Lipinski definition) is 2. The second-order valence-corrected chi connectivity index (χ2v) is 4.41. The number of aromatic nitrogens is 1. The maximum atomic E-state index is 11.0. The minimum absolute atomic E-state index is 0.220. The summed E-state index contributed by atoms with van der Waals surface area (Å²) in [4.78, 5) is 11.0. The second kappa shape index (κ2) is 4.79. The Bertz CT molecular complexity index is 764. The molecule has 5 heteroatoms. The summed E-state index contributed by atoms with van der Waals surface area (Å²) in [5.41, 5.74) is 1.78. The van der Waals surface area contributed by atoms with Crippen molar-refractivity contribution in [1.82, 2.24) is 5.16 Å². The van der Waals surface area contributed by atoms with Crippen LogP contribution in [-0.4, -0.2) is 21.3 Å². The van der Waals surface area contributed by atoms with Crippen LogP contribution in [0.25, 0.3) is 10.9 Å².